The van der Waals surface area contributed by atoms with Crippen molar-refractivity contribution in [1.29, 1.82) is 0 Å². The van der Waals surface area contributed by atoms with E-state index in [0.29, 0.717) is 34.2 Å². The second-order valence-electron chi connectivity index (χ2n) is 6.78. The molecule has 0 bridgehead atoms. The Bertz CT molecular complexity index is 1090. The molecule has 0 spiro atoms. The summed E-state index contributed by atoms with van der Waals surface area (Å²) in [5, 5.41) is 4.29. The van der Waals surface area contributed by atoms with E-state index in [0.717, 1.165) is 24.8 Å². The summed E-state index contributed by atoms with van der Waals surface area (Å²) in [5.74, 6) is 0.308. The largest absolute Gasteiger partial charge is 0.493 e. The normalized spacial score (nSPS) is 16.9. The fraction of sp³-hybridized carbons (Fsp3) is 0.273. The van der Waals surface area contributed by atoms with Gasteiger partial charge < -0.3 is 19.2 Å². The maximum Gasteiger partial charge on any atom is 0.256 e. The smallest absolute Gasteiger partial charge is 0.256 e. The first-order valence-corrected chi connectivity index (χ1v) is 9.83. The standard InChI is InChI=1S/C22H21ClN2O4/c1-27-19-6-2-4-14-12-18(21(26)24-13-17-5-3-11-28-17)22(29-20(14)19)25-16-9-7-15(23)8-10-16/h2,4,6-10,12,17H,3,5,11,13H2,1H3,(H,24,26). The number of para-hydroxylation sites is 1. The van der Waals surface area contributed by atoms with Crippen LogP contribution in [0, 0.1) is 0 Å². The minimum atomic E-state index is -0.262. The summed E-state index contributed by atoms with van der Waals surface area (Å²) in [6, 6.07) is 14.3. The Morgan fingerprint density at radius 1 is 1.28 bits per heavy atom. The van der Waals surface area contributed by atoms with Gasteiger partial charge in [0.05, 0.1) is 18.9 Å². The first kappa shape index (κ1) is 19.5. The number of nitrogens with zero attached hydrogens (tertiary/aromatic N) is 1. The van der Waals surface area contributed by atoms with Crippen LogP contribution in [-0.2, 0) is 4.74 Å². The molecule has 1 unspecified atom stereocenters. The van der Waals surface area contributed by atoms with Crippen molar-refractivity contribution in [3.63, 3.8) is 0 Å². The van der Waals surface area contributed by atoms with Gasteiger partial charge in [-0.3, -0.25) is 4.79 Å². The molecule has 1 aliphatic rings. The number of fused-ring (bicyclic) bond motifs is 1. The van der Waals surface area contributed by atoms with Crippen LogP contribution < -0.4 is 15.6 Å². The average molecular weight is 413 g/mol. The zero-order chi connectivity index (χ0) is 20.2. The van der Waals surface area contributed by atoms with Gasteiger partial charge in [0.1, 0.15) is 5.56 Å². The number of benzene rings is 2. The number of carbonyl (C=O) groups is 1. The molecule has 4 rings (SSSR count). The second-order valence-corrected chi connectivity index (χ2v) is 7.21. The molecule has 0 aliphatic carbocycles. The van der Waals surface area contributed by atoms with Gasteiger partial charge in [0.2, 0.25) is 5.55 Å². The van der Waals surface area contributed by atoms with Crippen LogP contribution in [0.5, 0.6) is 5.75 Å². The summed E-state index contributed by atoms with van der Waals surface area (Å²) in [7, 11) is 1.57. The lowest BCUT2D eigenvalue weighted by molar-refractivity contribution is 0.0854. The summed E-state index contributed by atoms with van der Waals surface area (Å²) in [6.45, 7) is 1.19. The molecule has 7 heteroatoms. The number of nitrogens with one attached hydrogen (secondary N) is 1. The van der Waals surface area contributed by atoms with Gasteiger partial charge in [0, 0.05) is 23.6 Å². The minimum absolute atomic E-state index is 0.0492. The Kier molecular flexibility index (Phi) is 5.83. The fourth-order valence-corrected chi connectivity index (χ4v) is 3.40. The van der Waals surface area contributed by atoms with Gasteiger partial charge in [0.25, 0.3) is 5.91 Å². The maximum absolute atomic E-state index is 12.9. The van der Waals surface area contributed by atoms with Crippen LogP contribution >= 0.6 is 11.6 Å². The molecule has 1 saturated heterocycles. The monoisotopic (exact) mass is 412 g/mol. The molecule has 0 radical (unpaired) electrons. The maximum atomic E-state index is 12.9. The molecular weight excluding hydrogens is 392 g/mol. The molecule has 3 aromatic rings. The summed E-state index contributed by atoms with van der Waals surface area (Å²) >= 11 is 5.96. The van der Waals surface area contributed by atoms with E-state index in [-0.39, 0.29) is 17.6 Å². The molecule has 1 amide bonds. The van der Waals surface area contributed by atoms with E-state index in [1.807, 2.05) is 12.1 Å². The Hall–Kier alpha value is -2.83. The summed E-state index contributed by atoms with van der Waals surface area (Å²) in [4.78, 5) is 17.5. The van der Waals surface area contributed by atoms with Crippen molar-refractivity contribution in [2.24, 2.45) is 4.99 Å². The van der Waals surface area contributed by atoms with Gasteiger partial charge in [-0.2, -0.15) is 0 Å². The van der Waals surface area contributed by atoms with Crippen molar-refractivity contribution >= 4 is 34.2 Å². The van der Waals surface area contributed by atoms with E-state index >= 15 is 0 Å². The van der Waals surface area contributed by atoms with E-state index in [9.17, 15) is 4.79 Å². The first-order chi connectivity index (χ1) is 14.1. The van der Waals surface area contributed by atoms with Crippen LogP contribution in [0.15, 0.2) is 57.9 Å². The zero-order valence-corrected chi connectivity index (χ0v) is 16.7. The third-order valence-corrected chi connectivity index (χ3v) is 5.03. The van der Waals surface area contributed by atoms with Gasteiger partial charge in [-0.05, 0) is 49.2 Å². The highest BCUT2D eigenvalue weighted by molar-refractivity contribution is 6.30. The predicted octanol–water partition coefficient (Wildman–Crippen LogP) is 4.24. The Morgan fingerprint density at radius 2 is 2.10 bits per heavy atom. The highest BCUT2D eigenvalue weighted by Crippen LogP contribution is 2.25. The summed E-state index contributed by atoms with van der Waals surface area (Å²) < 4.78 is 17.0. The highest BCUT2D eigenvalue weighted by atomic mass is 35.5. The van der Waals surface area contributed by atoms with Crippen molar-refractivity contribution in [2.75, 3.05) is 20.3 Å². The molecule has 1 fully saturated rings. The van der Waals surface area contributed by atoms with Crippen LogP contribution in [0.4, 0.5) is 5.69 Å². The third kappa shape index (κ3) is 4.44. The minimum Gasteiger partial charge on any atom is -0.493 e. The van der Waals surface area contributed by atoms with Gasteiger partial charge in [-0.1, -0.05) is 23.7 Å². The SMILES string of the molecule is COc1cccc2cc(C(=O)NCC3CCCO3)c(=Nc3ccc(Cl)cc3)oc12. The van der Waals surface area contributed by atoms with Crippen LogP contribution in [-0.4, -0.2) is 32.3 Å². The lowest BCUT2D eigenvalue weighted by Gasteiger charge is -2.11. The van der Waals surface area contributed by atoms with Gasteiger partial charge in [-0.15, -0.1) is 0 Å². The Labute approximate surface area is 173 Å². The predicted molar refractivity (Wildman–Crippen MR) is 111 cm³/mol. The zero-order valence-electron chi connectivity index (χ0n) is 16.0. The molecular formula is C22H21ClN2O4. The van der Waals surface area contributed by atoms with Crippen molar-refractivity contribution < 1.29 is 18.7 Å². The molecule has 1 atom stereocenters. The third-order valence-electron chi connectivity index (χ3n) is 4.77. The molecule has 2 heterocycles. The van der Waals surface area contributed by atoms with Crippen LogP contribution in [0.2, 0.25) is 5.02 Å². The fourth-order valence-electron chi connectivity index (χ4n) is 3.27. The lowest BCUT2D eigenvalue weighted by Crippen LogP contribution is -2.34. The average Bonchev–Trinajstić information content (AvgIpc) is 3.26. The van der Waals surface area contributed by atoms with Gasteiger partial charge in [0.15, 0.2) is 11.3 Å². The topological polar surface area (TPSA) is 73.1 Å². The van der Waals surface area contributed by atoms with E-state index in [1.54, 1.807) is 43.5 Å². The van der Waals surface area contributed by atoms with Gasteiger partial charge >= 0.3 is 0 Å². The van der Waals surface area contributed by atoms with Crippen molar-refractivity contribution in [3.8, 4) is 5.75 Å². The van der Waals surface area contributed by atoms with Crippen molar-refractivity contribution in [2.45, 2.75) is 18.9 Å². The van der Waals surface area contributed by atoms with E-state index < -0.39 is 0 Å². The lowest BCUT2D eigenvalue weighted by atomic mass is 10.1. The summed E-state index contributed by atoms with van der Waals surface area (Å²) in [5.41, 5.74) is 1.70. The number of hydrogen-bond donors (Lipinski definition) is 1. The van der Waals surface area contributed by atoms with E-state index in [1.165, 1.54) is 0 Å². The quantitative estimate of drug-likeness (QED) is 0.680. The number of methoxy groups -OCH3 is 1. The van der Waals surface area contributed by atoms with Crippen LogP contribution in [0.1, 0.15) is 23.2 Å². The molecule has 150 valence electrons. The number of amides is 1. The second kappa shape index (κ2) is 8.68. The molecule has 1 aromatic heterocycles. The molecule has 6 nitrogen and oxygen atoms in total. The van der Waals surface area contributed by atoms with Gasteiger partial charge in [-0.25, -0.2) is 4.99 Å². The Morgan fingerprint density at radius 3 is 2.83 bits per heavy atom. The molecule has 29 heavy (non-hydrogen) atoms. The van der Waals surface area contributed by atoms with Crippen LogP contribution in [0.3, 0.4) is 0 Å². The van der Waals surface area contributed by atoms with Crippen molar-refractivity contribution in [3.05, 3.63) is 64.7 Å². The molecule has 2 aromatic carbocycles. The number of hydrogen-bond acceptors (Lipinski definition) is 5. The molecule has 1 N–H and O–H groups in total. The number of halogens is 1. The Balaban J connectivity index is 1.77. The highest BCUT2D eigenvalue weighted by Gasteiger charge is 2.19. The number of rotatable bonds is 5. The molecule has 1 aliphatic heterocycles. The number of ether oxygens (including phenoxy) is 2. The van der Waals surface area contributed by atoms with E-state index in [2.05, 4.69) is 10.3 Å². The van der Waals surface area contributed by atoms with E-state index in [4.69, 9.17) is 25.5 Å². The molecule has 0 saturated carbocycles. The summed E-state index contributed by atoms with van der Waals surface area (Å²) in [6.07, 6.45) is 2.01. The van der Waals surface area contributed by atoms with Crippen molar-refractivity contribution in [1.82, 2.24) is 5.32 Å². The number of carbonyl (C=O) groups excluding carboxylic acids is 1. The van der Waals surface area contributed by atoms with Crippen LogP contribution in [0.25, 0.3) is 11.0 Å². The first-order valence-electron chi connectivity index (χ1n) is 9.45.